The molecule has 0 aliphatic heterocycles. The zero-order valence-electron chi connectivity index (χ0n) is 11.1. The second-order valence-corrected chi connectivity index (χ2v) is 6.31. The summed E-state index contributed by atoms with van der Waals surface area (Å²) in [4.78, 5) is 8.23. The summed E-state index contributed by atoms with van der Waals surface area (Å²) in [6.45, 7) is 5.02. The van der Waals surface area contributed by atoms with Crippen molar-refractivity contribution in [1.29, 1.82) is 0 Å². The summed E-state index contributed by atoms with van der Waals surface area (Å²) in [6.07, 6.45) is 5.34. The van der Waals surface area contributed by atoms with Gasteiger partial charge in [-0.3, -0.25) is 0 Å². The Morgan fingerprint density at radius 1 is 1.47 bits per heavy atom. The molecule has 17 heavy (non-hydrogen) atoms. The highest BCUT2D eigenvalue weighted by atomic mass is 32.1. The third kappa shape index (κ3) is 2.80. The van der Waals surface area contributed by atoms with Crippen molar-refractivity contribution in [3.05, 3.63) is 10.6 Å². The van der Waals surface area contributed by atoms with Crippen LogP contribution in [0.15, 0.2) is 0 Å². The maximum atomic E-state index is 5.72. The molecule has 3 nitrogen and oxygen atoms in total. The molecule has 1 aromatic heterocycles. The fourth-order valence-corrected chi connectivity index (χ4v) is 3.64. The van der Waals surface area contributed by atoms with Gasteiger partial charge in [0.15, 0.2) is 5.13 Å². The summed E-state index contributed by atoms with van der Waals surface area (Å²) >= 11 is 1.75. The number of aromatic nitrogens is 1. The van der Waals surface area contributed by atoms with Crippen molar-refractivity contribution in [3.8, 4) is 0 Å². The molecule has 2 atom stereocenters. The number of anilines is 1. The third-order valence-corrected chi connectivity index (χ3v) is 5.10. The van der Waals surface area contributed by atoms with Gasteiger partial charge in [0.2, 0.25) is 0 Å². The summed E-state index contributed by atoms with van der Waals surface area (Å²) in [5.74, 6) is 0.853. The number of thiazole rings is 1. The quantitative estimate of drug-likeness (QED) is 0.900. The minimum Gasteiger partial charge on any atom is -0.348 e. The molecular formula is C13H23N3S. The predicted octanol–water partition coefficient (Wildman–Crippen LogP) is 2.93. The minimum atomic E-state index is 0.610. The molecule has 4 heteroatoms. The molecule has 0 radical (unpaired) electrons. The molecule has 0 saturated heterocycles. The van der Waals surface area contributed by atoms with Crippen molar-refractivity contribution in [2.45, 2.75) is 52.1 Å². The van der Waals surface area contributed by atoms with Crippen molar-refractivity contribution in [2.24, 2.45) is 11.7 Å². The SMILES string of the molecule is Cc1nc(N(C)C2CCCC(C)C2)sc1CN. The van der Waals surface area contributed by atoms with Crippen molar-refractivity contribution < 1.29 is 0 Å². The van der Waals surface area contributed by atoms with Crippen LogP contribution in [0.2, 0.25) is 0 Å². The number of hydrogen-bond donors (Lipinski definition) is 1. The Kier molecular flexibility index (Phi) is 4.05. The highest BCUT2D eigenvalue weighted by molar-refractivity contribution is 7.15. The summed E-state index contributed by atoms with van der Waals surface area (Å²) in [7, 11) is 2.18. The van der Waals surface area contributed by atoms with Crippen LogP contribution in [-0.4, -0.2) is 18.1 Å². The van der Waals surface area contributed by atoms with Crippen LogP contribution < -0.4 is 10.6 Å². The van der Waals surface area contributed by atoms with Crippen LogP contribution in [0.5, 0.6) is 0 Å². The predicted molar refractivity (Wildman–Crippen MR) is 74.6 cm³/mol. The van der Waals surface area contributed by atoms with Crippen molar-refractivity contribution in [3.63, 3.8) is 0 Å². The molecule has 1 aliphatic carbocycles. The zero-order chi connectivity index (χ0) is 12.4. The van der Waals surface area contributed by atoms with Crippen molar-refractivity contribution in [1.82, 2.24) is 4.98 Å². The fourth-order valence-electron chi connectivity index (χ4n) is 2.66. The Bertz CT molecular complexity index is 375. The van der Waals surface area contributed by atoms with E-state index >= 15 is 0 Å². The number of rotatable bonds is 3. The lowest BCUT2D eigenvalue weighted by molar-refractivity contribution is 0.336. The van der Waals surface area contributed by atoms with Crippen LogP contribution >= 0.6 is 11.3 Å². The molecule has 1 aromatic rings. The van der Waals surface area contributed by atoms with Gasteiger partial charge in [0.1, 0.15) is 0 Å². The van der Waals surface area contributed by atoms with E-state index in [4.69, 9.17) is 5.73 Å². The maximum absolute atomic E-state index is 5.72. The maximum Gasteiger partial charge on any atom is 0.185 e. The Labute approximate surface area is 108 Å². The molecule has 1 fully saturated rings. The highest BCUT2D eigenvalue weighted by Gasteiger charge is 2.24. The first-order valence-electron chi connectivity index (χ1n) is 6.51. The topological polar surface area (TPSA) is 42.2 Å². The lowest BCUT2D eigenvalue weighted by atomic mass is 9.86. The first kappa shape index (κ1) is 12.8. The smallest absolute Gasteiger partial charge is 0.185 e. The second-order valence-electron chi connectivity index (χ2n) is 5.25. The molecule has 1 aliphatic rings. The van der Waals surface area contributed by atoms with E-state index in [0.717, 1.165) is 16.7 Å². The van der Waals surface area contributed by atoms with E-state index in [2.05, 4.69) is 30.8 Å². The molecule has 2 N–H and O–H groups in total. The molecule has 96 valence electrons. The van der Waals surface area contributed by atoms with Crippen LogP contribution in [0.4, 0.5) is 5.13 Å². The monoisotopic (exact) mass is 253 g/mol. The average Bonchev–Trinajstić information content (AvgIpc) is 2.69. The zero-order valence-corrected chi connectivity index (χ0v) is 11.9. The number of aryl methyl sites for hydroxylation is 1. The van der Waals surface area contributed by atoms with E-state index in [1.54, 1.807) is 11.3 Å². The van der Waals surface area contributed by atoms with E-state index in [9.17, 15) is 0 Å². The Morgan fingerprint density at radius 3 is 2.82 bits per heavy atom. The normalized spacial score (nSPS) is 24.9. The van der Waals surface area contributed by atoms with Gasteiger partial charge >= 0.3 is 0 Å². The molecule has 2 unspecified atom stereocenters. The van der Waals surface area contributed by atoms with Crippen molar-refractivity contribution >= 4 is 16.5 Å². The number of nitrogens with zero attached hydrogens (tertiary/aromatic N) is 2. The summed E-state index contributed by atoms with van der Waals surface area (Å²) in [5, 5.41) is 1.14. The van der Waals surface area contributed by atoms with E-state index in [1.165, 1.54) is 30.6 Å². The Hall–Kier alpha value is -0.610. The largest absolute Gasteiger partial charge is 0.348 e. The van der Waals surface area contributed by atoms with Crippen LogP contribution in [0.3, 0.4) is 0 Å². The van der Waals surface area contributed by atoms with Crippen LogP contribution in [-0.2, 0) is 6.54 Å². The third-order valence-electron chi connectivity index (χ3n) is 3.82. The van der Waals surface area contributed by atoms with Crippen LogP contribution in [0.1, 0.15) is 43.2 Å². The molecule has 0 bridgehead atoms. The molecule has 1 heterocycles. The Morgan fingerprint density at radius 2 is 2.24 bits per heavy atom. The summed E-state index contributed by atoms with van der Waals surface area (Å²) in [6, 6.07) is 0.662. The van der Waals surface area contributed by atoms with Gasteiger partial charge in [-0.25, -0.2) is 4.98 Å². The Balaban J connectivity index is 2.09. The van der Waals surface area contributed by atoms with Gasteiger partial charge in [-0.05, 0) is 25.7 Å². The molecular weight excluding hydrogens is 230 g/mol. The molecule has 0 spiro atoms. The second kappa shape index (κ2) is 5.36. The fraction of sp³-hybridized carbons (Fsp3) is 0.769. The first-order chi connectivity index (χ1) is 8.11. The lowest BCUT2D eigenvalue weighted by Crippen LogP contribution is -2.35. The van der Waals surface area contributed by atoms with Gasteiger partial charge in [0.25, 0.3) is 0 Å². The lowest BCUT2D eigenvalue weighted by Gasteiger charge is -2.33. The highest BCUT2D eigenvalue weighted by Crippen LogP contribution is 2.32. The number of nitrogens with two attached hydrogens (primary N) is 1. The summed E-state index contributed by atoms with van der Waals surface area (Å²) < 4.78 is 0. The van der Waals surface area contributed by atoms with Gasteiger partial charge in [-0.15, -0.1) is 11.3 Å². The van der Waals surface area contributed by atoms with Crippen molar-refractivity contribution in [2.75, 3.05) is 11.9 Å². The summed E-state index contributed by atoms with van der Waals surface area (Å²) in [5.41, 5.74) is 6.82. The van der Waals surface area contributed by atoms with E-state index < -0.39 is 0 Å². The van der Waals surface area contributed by atoms with Gasteiger partial charge in [-0.1, -0.05) is 19.8 Å². The minimum absolute atomic E-state index is 0.610. The van der Waals surface area contributed by atoms with E-state index in [0.29, 0.717) is 12.6 Å². The molecule has 2 rings (SSSR count). The van der Waals surface area contributed by atoms with Crippen LogP contribution in [0.25, 0.3) is 0 Å². The molecule has 0 aromatic carbocycles. The van der Waals surface area contributed by atoms with E-state index in [-0.39, 0.29) is 0 Å². The first-order valence-corrected chi connectivity index (χ1v) is 7.32. The molecule has 1 saturated carbocycles. The van der Waals surface area contributed by atoms with Gasteiger partial charge in [0, 0.05) is 24.5 Å². The van der Waals surface area contributed by atoms with Gasteiger partial charge in [-0.2, -0.15) is 0 Å². The van der Waals surface area contributed by atoms with Gasteiger partial charge in [0.05, 0.1) is 5.69 Å². The van der Waals surface area contributed by atoms with E-state index in [1.807, 2.05) is 0 Å². The number of hydrogen-bond acceptors (Lipinski definition) is 4. The van der Waals surface area contributed by atoms with Crippen LogP contribution in [0, 0.1) is 12.8 Å². The average molecular weight is 253 g/mol. The molecule has 0 amide bonds. The van der Waals surface area contributed by atoms with Gasteiger partial charge < -0.3 is 10.6 Å². The standard InChI is InChI=1S/C13H23N3S/c1-9-5-4-6-11(7-9)16(3)13-15-10(2)12(8-14)17-13/h9,11H,4-8,14H2,1-3H3.